The minimum atomic E-state index is 0.820. The van der Waals surface area contributed by atoms with Crippen molar-refractivity contribution in [3.8, 4) is 0 Å². The fourth-order valence-electron chi connectivity index (χ4n) is 3.07. The largest absolute Gasteiger partial charge is 0.0654 e. The molecular formula is C18H27. The van der Waals surface area contributed by atoms with Crippen LogP contribution in [-0.2, 0) is 0 Å². The van der Waals surface area contributed by atoms with Crippen molar-refractivity contribution in [2.45, 2.75) is 71.1 Å². The molecule has 1 saturated carbocycles. The first-order chi connectivity index (χ1) is 8.79. The van der Waals surface area contributed by atoms with Crippen LogP contribution in [-0.4, -0.2) is 0 Å². The Labute approximate surface area is 113 Å². The lowest BCUT2D eigenvalue weighted by Crippen LogP contribution is -2.11. The fourth-order valence-corrected chi connectivity index (χ4v) is 3.07. The molecule has 0 spiro atoms. The van der Waals surface area contributed by atoms with Crippen molar-refractivity contribution in [1.29, 1.82) is 0 Å². The number of hydrogen-bond donors (Lipinski definition) is 0. The van der Waals surface area contributed by atoms with Gasteiger partial charge in [-0.15, -0.1) is 0 Å². The Morgan fingerprint density at radius 2 is 1.67 bits per heavy atom. The highest BCUT2D eigenvalue weighted by molar-refractivity contribution is 5.25. The van der Waals surface area contributed by atoms with Gasteiger partial charge in [0.05, 0.1) is 0 Å². The van der Waals surface area contributed by atoms with Gasteiger partial charge < -0.3 is 0 Å². The van der Waals surface area contributed by atoms with E-state index in [1.807, 2.05) is 5.92 Å². The maximum Gasteiger partial charge on any atom is -0.0162 e. The van der Waals surface area contributed by atoms with Crippen molar-refractivity contribution in [2.24, 2.45) is 0 Å². The molecule has 1 fully saturated rings. The normalized spacial score (nSPS) is 18.1. The lowest BCUT2D eigenvalue weighted by Gasteiger charge is -2.28. The molecule has 0 heterocycles. The smallest absolute Gasteiger partial charge is 0.0162 e. The molecule has 0 N–H and O–H groups in total. The highest BCUT2D eigenvalue weighted by Crippen LogP contribution is 2.38. The third-order valence-corrected chi connectivity index (χ3v) is 4.38. The van der Waals surface area contributed by atoms with Crippen LogP contribution in [0.5, 0.6) is 0 Å². The van der Waals surface area contributed by atoms with E-state index in [9.17, 15) is 0 Å². The van der Waals surface area contributed by atoms with Gasteiger partial charge in [0, 0.05) is 0 Å². The van der Waals surface area contributed by atoms with Crippen LogP contribution in [0.15, 0.2) is 24.3 Å². The zero-order chi connectivity index (χ0) is 12.8. The van der Waals surface area contributed by atoms with E-state index in [1.54, 1.807) is 5.56 Å². The van der Waals surface area contributed by atoms with Gasteiger partial charge in [0.2, 0.25) is 0 Å². The maximum absolute atomic E-state index is 2.34. The van der Waals surface area contributed by atoms with E-state index in [2.05, 4.69) is 38.1 Å². The van der Waals surface area contributed by atoms with E-state index >= 15 is 0 Å². The van der Waals surface area contributed by atoms with E-state index < -0.39 is 0 Å². The summed E-state index contributed by atoms with van der Waals surface area (Å²) >= 11 is 0. The molecular weight excluding hydrogens is 216 g/mol. The second-order valence-electron chi connectivity index (χ2n) is 5.89. The summed E-state index contributed by atoms with van der Waals surface area (Å²) in [5.41, 5.74) is 2.94. The predicted molar refractivity (Wildman–Crippen MR) is 79.8 cm³/mol. The molecule has 0 saturated heterocycles. The van der Waals surface area contributed by atoms with Crippen LogP contribution in [0.25, 0.3) is 0 Å². The van der Waals surface area contributed by atoms with Gasteiger partial charge in [-0.05, 0) is 56.4 Å². The molecule has 2 rings (SSSR count). The van der Waals surface area contributed by atoms with E-state index in [1.165, 1.54) is 56.9 Å². The number of benzene rings is 1. The molecule has 0 unspecified atom stereocenters. The second-order valence-corrected chi connectivity index (χ2v) is 5.89. The summed E-state index contributed by atoms with van der Waals surface area (Å²) in [6.07, 6.45) is 11.1. The molecule has 1 aromatic rings. The highest BCUT2D eigenvalue weighted by Gasteiger charge is 2.22. The molecule has 1 aliphatic rings. The standard InChI is InChI=1S/C18H27/c1-3-4-5-6-16-9-13-18(14-10-16)17-11-7-15(2)8-12-17/h7-8,11-12,18H,3-6,9-10,13-14H2,1-2H3. The summed E-state index contributed by atoms with van der Waals surface area (Å²) in [5.74, 6) is 2.66. The van der Waals surface area contributed by atoms with Crippen LogP contribution in [0.2, 0.25) is 0 Å². The van der Waals surface area contributed by atoms with Gasteiger partial charge in [-0.25, -0.2) is 0 Å². The third kappa shape index (κ3) is 3.86. The van der Waals surface area contributed by atoms with Gasteiger partial charge in [-0.2, -0.15) is 0 Å². The van der Waals surface area contributed by atoms with Gasteiger partial charge >= 0.3 is 0 Å². The van der Waals surface area contributed by atoms with Crippen molar-refractivity contribution >= 4 is 0 Å². The summed E-state index contributed by atoms with van der Waals surface area (Å²) in [6.45, 7) is 4.46. The van der Waals surface area contributed by atoms with Gasteiger partial charge in [0.25, 0.3) is 0 Å². The molecule has 1 radical (unpaired) electrons. The highest BCUT2D eigenvalue weighted by atomic mass is 14.3. The van der Waals surface area contributed by atoms with Crippen molar-refractivity contribution in [2.75, 3.05) is 0 Å². The molecule has 0 heteroatoms. The zero-order valence-electron chi connectivity index (χ0n) is 12.0. The summed E-state index contributed by atoms with van der Waals surface area (Å²) in [4.78, 5) is 0. The Hall–Kier alpha value is -0.780. The van der Waals surface area contributed by atoms with Crippen LogP contribution in [0.4, 0.5) is 0 Å². The molecule has 0 aromatic heterocycles. The summed E-state index contributed by atoms with van der Waals surface area (Å²) in [5, 5.41) is 0. The van der Waals surface area contributed by atoms with Crippen LogP contribution >= 0.6 is 0 Å². The molecule has 0 bridgehead atoms. The Balaban J connectivity index is 1.77. The molecule has 0 atom stereocenters. The molecule has 0 nitrogen and oxygen atoms in total. The predicted octanol–water partition coefficient (Wildman–Crippen LogP) is 5.81. The van der Waals surface area contributed by atoms with Crippen molar-refractivity contribution in [3.63, 3.8) is 0 Å². The van der Waals surface area contributed by atoms with Gasteiger partial charge in [-0.3, -0.25) is 0 Å². The molecule has 0 amide bonds. The van der Waals surface area contributed by atoms with Crippen molar-refractivity contribution in [1.82, 2.24) is 0 Å². The molecule has 0 aliphatic heterocycles. The number of aryl methyl sites for hydroxylation is 1. The number of rotatable bonds is 5. The second kappa shape index (κ2) is 6.97. The van der Waals surface area contributed by atoms with E-state index in [4.69, 9.17) is 0 Å². The molecule has 1 aromatic carbocycles. The van der Waals surface area contributed by atoms with Crippen molar-refractivity contribution < 1.29 is 0 Å². The first-order valence-electron chi connectivity index (χ1n) is 7.69. The Kier molecular flexibility index (Phi) is 5.28. The zero-order valence-corrected chi connectivity index (χ0v) is 12.0. The van der Waals surface area contributed by atoms with E-state index in [-0.39, 0.29) is 0 Å². The first kappa shape index (κ1) is 13.6. The Bertz CT molecular complexity index is 328. The molecule has 1 aliphatic carbocycles. The summed E-state index contributed by atoms with van der Waals surface area (Å²) in [6, 6.07) is 9.19. The number of unbranched alkanes of at least 4 members (excludes halogenated alkanes) is 2. The minimum absolute atomic E-state index is 0.820. The van der Waals surface area contributed by atoms with Crippen LogP contribution in [0.3, 0.4) is 0 Å². The monoisotopic (exact) mass is 243 g/mol. The van der Waals surface area contributed by atoms with Crippen molar-refractivity contribution in [3.05, 3.63) is 41.3 Å². The topological polar surface area (TPSA) is 0 Å². The molecule has 18 heavy (non-hydrogen) atoms. The van der Waals surface area contributed by atoms with Crippen LogP contribution in [0.1, 0.15) is 75.3 Å². The average Bonchev–Trinajstić information content (AvgIpc) is 2.41. The lowest BCUT2D eigenvalue weighted by molar-refractivity contribution is 0.442. The lowest BCUT2D eigenvalue weighted by atomic mass is 9.77. The number of hydrogen-bond acceptors (Lipinski definition) is 0. The van der Waals surface area contributed by atoms with Gasteiger partial charge in [0.1, 0.15) is 0 Å². The first-order valence-corrected chi connectivity index (χ1v) is 7.69. The molecule has 99 valence electrons. The minimum Gasteiger partial charge on any atom is -0.0654 e. The summed E-state index contributed by atoms with van der Waals surface area (Å²) in [7, 11) is 0. The summed E-state index contributed by atoms with van der Waals surface area (Å²) < 4.78 is 0. The van der Waals surface area contributed by atoms with E-state index in [0.717, 1.165) is 5.92 Å². The Morgan fingerprint density at radius 1 is 1.00 bits per heavy atom. The van der Waals surface area contributed by atoms with Gasteiger partial charge in [-0.1, -0.05) is 56.0 Å². The van der Waals surface area contributed by atoms with E-state index in [0.29, 0.717) is 0 Å². The quantitative estimate of drug-likeness (QED) is 0.573. The SMILES string of the molecule is CCCCC[C]1CCC(c2ccc(C)cc2)CC1. The average molecular weight is 243 g/mol. The maximum atomic E-state index is 2.34. The fraction of sp³-hybridized carbons (Fsp3) is 0.611. The van der Waals surface area contributed by atoms with Crippen LogP contribution in [0, 0.1) is 12.8 Å². The van der Waals surface area contributed by atoms with Crippen LogP contribution < -0.4 is 0 Å². The Morgan fingerprint density at radius 3 is 2.28 bits per heavy atom. The van der Waals surface area contributed by atoms with Gasteiger partial charge in [0.15, 0.2) is 0 Å². The third-order valence-electron chi connectivity index (χ3n) is 4.38.